The first kappa shape index (κ1) is 15.6. The van der Waals surface area contributed by atoms with E-state index in [9.17, 15) is 9.59 Å². The van der Waals surface area contributed by atoms with E-state index in [-0.39, 0.29) is 16.7 Å². The number of likely N-dealkylation sites (N-methyl/N-ethyl adjacent to an activating group) is 1. The summed E-state index contributed by atoms with van der Waals surface area (Å²) in [5.74, 6) is -1.25. The van der Waals surface area contributed by atoms with Crippen molar-refractivity contribution in [3.05, 3.63) is 21.9 Å². The topological polar surface area (TPSA) is 57.6 Å². The highest BCUT2D eigenvalue weighted by Crippen LogP contribution is 2.25. The van der Waals surface area contributed by atoms with Crippen molar-refractivity contribution in [2.24, 2.45) is 0 Å². The van der Waals surface area contributed by atoms with Crippen molar-refractivity contribution in [3.63, 3.8) is 0 Å². The third kappa shape index (κ3) is 4.19. The van der Waals surface area contributed by atoms with E-state index in [2.05, 4.69) is 0 Å². The van der Waals surface area contributed by atoms with Gasteiger partial charge in [0.05, 0.1) is 5.92 Å². The molecule has 1 unspecified atom stereocenters. The zero-order valence-electron chi connectivity index (χ0n) is 10.9. The van der Waals surface area contributed by atoms with Gasteiger partial charge in [-0.2, -0.15) is 0 Å². The van der Waals surface area contributed by atoms with E-state index in [0.29, 0.717) is 0 Å². The molecule has 0 aliphatic heterocycles. The molecule has 5 heteroatoms. The summed E-state index contributed by atoms with van der Waals surface area (Å²) < 4.78 is 0. The zero-order valence-corrected chi connectivity index (χ0v) is 11.7. The first-order chi connectivity index (χ1) is 7.93. The lowest BCUT2D eigenvalue weighted by atomic mass is 10.1. The number of carbonyl (C=O) groups is 2. The van der Waals surface area contributed by atoms with Crippen LogP contribution in [0.4, 0.5) is 0 Å². The molecule has 1 atom stereocenters. The lowest BCUT2D eigenvalue weighted by molar-refractivity contribution is -0.129. The van der Waals surface area contributed by atoms with E-state index in [0.717, 1.165) is 16.2 Å². The Morgan fingerprint density at radius 3 is 2.18 bits per heavy atom. The van der Waals surface area contributed by atoms with Crippen LogP contribution in [0.3, 0.4) is 0 Å². The molecule has 1 N–H and O–H groups in total. The molecular formula is C12H19NO3S. The fraction of sp³-hybridized carbons (Fsp3) is 0.500. The van der Waals surface area contributed by atoms with E-state index < -0.39 is 5.97 Å². The van der Waals surface area contributed by atoms with Crippen molar-refractivity contribution >= 4 is 23.2 Å². The fourth-order valence-electron chi connectivity index (χ4n) is 1.21. The first-order valence-corrected chi connectivity index (χ1v) is 6.29. The molecule has 0 radical (unpaired) electrons. The molecule has 0 aromatic carbocycles. The van der Waals surface area contributed by atoms with Gasteiger partial charge >= 0.3 is 5.97 Å². The Morgan fingerprint density at radius 2 is 1.82 bits per heavy atom. The van der Waals surface area contributed by atoms with Gasteiger partial charge in [-0.3, -0.25) is 4.79 Å². The van der Waals surface area contributed by atoms with E-state index in [1.165, 1.54) is 11.0 Å². The zero-order chi connectivity index (χ0) is 13.6. The highest BCUT2D eigenvalue weighted by atomic mass is 32.1. The van der Waals surface area contributed by atoms with Crippen molar-refractivity contribution in [2.75, 3.05) is 14.1 Å². The van der Waals surface area contributed by atoms with E-state index >= 15 is 0 Å². The lowest BCUT2D eigenvalue weighted by Gasteiger charge is -2.15. The molecule has 96 valence electrons. The van der Waals surface area contributed by atoms with Crippen molar-refractivity contribution in [1.82, 2.24) is 4.90 Å². The summed E-state index contributed by atoms with van der Waals surface area (Å²) in [4.78, 5) is 24.8. The second-order valence-corrected chi connectivity index (χ2v) is 4.58. The maximum atomic E-state index is 11.6. The van der Waals surface area contributed by atoms with Gasteiger partial charge in [0, 0.05) is 19.0 Å². The highest BCUT2D eigenvalue weighted by molar-refractivity contribution is 7.14. The van der Waals surface area contributed by atoms with Crippen molar-refractivity contribution in [3.8, 4) is 0 Å². The molecule has 0 fully saturated rings. The smallest absolute Gasteiger partial charge is 0.345 e. The van der Waals surface area contributed by atoms with Crippen LogP contribution < -0.4 is 0 Å². The van der Waals surface area contributed by atoms with Gasteiger partial charge in [0.15, 0.2) is 0 Å². The second-order valence-electron chi connectivity index (χ2n) is 3.46. The average Bonchev–Trinajstić information content (AvgIpc) is 2.79. The molecule has 1 aromatic heterocycles. The summed E-state index contributed by atoms with van der Waals surface area (Å²) in [7, 11) is 3.37. The highest BCUT2D eigenvalue weighted by Gasteiger charge is 2.19. The predicted molar refractivity (Wildman–Crippen MR) is 69.7 cm³/mol. The average molecular weight is 257 g/mol. The molecule has 1 amide bonds. The van der Waals surface area contributed by atoms with Crippen LogP contribution in [0.5, 0.6) is 0 Å². The van der Waals surface area contributed by atoms with Gasteiger partial charge < -0.3 is 10.0 Å². The van der Waals surface area contributed by atoms with Crippen LogP contribution in [-0.4, -0.2) is 36.0 Å². The molecule has 17 heavy (non-hydrogen) atoms. The maximum absolute atomic E-state index is 11.6. The van der Waals surface area contributed by atoms with Gasteiger partial charge in [0.1, 0.15) is 4.88 Å². The van der Waals surface area contributed by atoms with Crippen molar-refractivity contribution in [1.29, 1.82) is 0 Å². The number of thiophene rings is 1. The molecule has 1 heterocycles. The number of carboxylic acid groups (broad SMARTS) is 1. The SMILES string of the molecule is CC.CC(C(=O)N(C)C)c1ccc(C(=O)O)s1. The predicted octanol–water partition coefficient (Wildman–Crippen LogP) is 2.66. The van der Waals surface area contributed by atoms with Gasteiger partial charge in [0.2, 0.25) is 5.91 Å². The van der Waals surface area contributed by atoms with Crippen molar-refractivity contribution in [2.45, 2.75) is 26.7 Å². The van der Waals surface area contributed by atoms with Gasteiger partial charge in [-0.15, -0.1) is 11.3 Å². The molecular weight excluding hydrogens is 238 g/mol. The first-order valence-electron chi connectivity index (χ1n) is 5.47. The number of nitrogens with zero attached hydrogens (tertiary/aromatic N) is 1. The summed E-state index contributed by atoms with van der Waals surface area (Å²) in [6.07, 6.45) is 0. The monoisotopic (exact) mass is 257 g/mol. The van der Waals surface area contributed by atoms with Gasteiger partial charge in [-0.05, 0) is 19.1 Å². The number of hydrogen-bond acceptors (Lipinski definition) is 3. The van der Waals surface area contributed by atoms with Crippen molar-refractivity contribution < 1.29 is 14.7 Å². The largest absolute Gasteiger partial charge is 0.477 e. The van der Waals surface area contributed by atoms with E-state index in [4.69, 9.17) is 5.11 Å². The molecule has 0 bridgehead atoms. The van der Waals surface area contributed by atoms with Gasteiger partial charge in [0.25, 0.3) is 0 Å². The quantitative estimate of drug-likeness (QED) is 0.905. The van der Waals surface area contributed by atoms with Gasteiger partial charge in [-0.1, -0.05) is 13.8 Å². The summed E-state index contributed by atoms with van der Waals surface area (Å²) in [5, 5.41) is 8.74. The minimum atomic E-state index is -0.948. The minimum absolute atomic E-state index is 0.0196. The maximum Gasteiger partial charge on any atom is 0.345 e. The Balaban J connectivity index is 0.00000121. The normalized spacial score (nSPS) is 11.1. The van der Waals surface area contributed by atoms with Crippen LogP contribution in [0.15, 0.2) is 12.1 Å². The molecule has 0 aliphatic carbocycles. The second kappa shape index (κ2) is 7.06. The van der Waals surface area contributed by atoms with Crippen LogP contribution >= 0.6 is 11.3 Å². The molecule has 0 saturated carbocycles. The third-order valence-corrected chi connectivity index (χ3v) is 3.33. The number of carbonyl (C=O) groups excluding carboxylic acids is 1. The minimum Gasteiger partial charge on any atom is -0.477 e. The summed E-state index contributed by atoms with van der Waals surface area (Å²) in [5.41, 5.74) is 0. The number of hydrogen-bond donors (Lipinski definition) is 1. The number of rotatable bonds is 3. The summed E-state index contributed by atoms with van der Waals surface area (Å²) >= 11 is 1.15. The summed E-state index contributed by atoms with van der Waals surface area (Å²) in [6.45, 7) is 5.78. The molecule has 0 aliphatic rings. The molecule has 0 saturated heterocycles. The Morgan fingerprint density at radius 1 is 1.29 bits per heavy atom. The molecule has 1 aromatic rings. The standard InChI is InChI=1S/C10H13NO3S.C2H6/c1-6(9(12)11(2)3)7-4-5-8(15-7)10(13)14;1-2/h4-6H,1-3H3,(H,13,14);1-2H3. The number of aromatic carboxylic acids is 1. The van der Waals surface area contributed by atoms with Crippen LogP contribution in [0.2, 0.25) is 0 Å². The Kier molecular flexibility index (Phi) is 6.50. The van der Waals surface area contributed by atoms with Gasteiger partial charge in [-0.25, -0.2) is 4.79 Å². The molecule has 1 rings (SSSR count). The van der Waals surface area contributed by atoms with Crippen LogP contribution in [0.25, 0.3) is 0 Å². The van der Waals surface area contributed by atoms with E-state index in [1.807, 2.05) is 13.8 Å². The summed E-state index contributed by atoms with van der Waals surface area (Å²) in [6, 6.07) is 3.22. The Hall–Kier alpha value is -1.36. The Labute approximate surface area is 106 Å². The van der Waals surface area contributed by atoms with Crippen LogP contribution in [0, 0.1) is 0 Å². The molecule has 4 nitrogen and oxygen atoms in total. The van der Waals surface area contributed by atoms with Crippen LogP contribution in [-0.2, 0) is 4.79 Å². The van der Waals surface area contributed by atoms with E-state index in [1.54, 1.807) is 27.1 Å². The third-order valence-electron chi connectivity index (χ3n) is 2.08. The fourth-order valence-corrected chi connectivity index (χ4v) is 2.10. The number of amides is 1. The number of carboxylic acids is 1. The molecule has 0 spiro atoms. The Bertz CT molecular complexity index is 385. The lowest BCUT2D eigenvalue weighted by Crippen LogP contribution is -2.26. The van der Waals surface area contributed by atoms with Crippen LogP contribution in [0.1, 0.15) is 41.2 Å².